The Morgan fingerprint density at radius 3 is 2.36 bits per heavy atom. The van der Waals surface area contributed by atoms with E-state index >= 15 is 0 Å². The Morgan fingerprint density at radius 1 is 0.909 bits per heavy atom. The average Bonchev–Trinajstić information content (AvgIpc) is 3.32. The number of aryl methyl sites for hydroxylation is 3. The Balaban J connectivity index is 1.56. The maximum Gasteiger partial charge on any atom is 0.396 e. The van der Waals surface area contributed by atoms with E-state index in [9.17, 15) is 9.59 Å². The van der Waals surface area contributed by atoms with Gasteiger partial charge in [-0.2, -0.15) is 0 Å². The van der Waals surface area contributed by atoms with Crippen molar-refractivity contribution < 1.29 is 23.1 Å². The highest BCUT2D eigenvalue weighted by atomic mass is 32.1. The molecule has 0 unspecified atom stereocenters. The van der Waals surface area contributed by atoms with Gasteiger partial charge in [0.05, 0.1) is 11.8 Å². The van der Waals surface area contributed by atoms with Crippen molar-refractivity contribution in [2.75, 3.05) is 7.11 Å². The second-order valence-corrected chi connectivity index (χ2v) is 8.84. The maximum atomic E-state index is 13.0. The molecule has 0 N–H and O–H groups in total. The van der Waals surface area contributed by atoms with Crippen LogP contribution in [0.5, 0.6) is 11.5 Å². The molecule has 0 spiro atoms. The minimum Gasteiger partial charge on any atom is -0.497 e. The lowest BCUT2D eigenvalue weighted by molar-refractivity contribution is 0.0703. The smallest absolute Gasteiger partial charge is 0.396 e. The van der Waals surface area contributed by atoms with E-state index in [0.29, 0.717) is 32.9 Å². The number of rotatable bonds is 4. The number of carbonyl (C=O) groups is 1. The van der Waals surface area contributed by atoms with E-state index in [2.05, 4.69) is 0 Å². The molecule has 166 valence electrons. The molecular weight excluding hydrogens is 440 g/mol. The minimum atomic E-state index is -0.602. The third-order valence-electron chi connectivity index (χ3n) is 5.76. The van der Waals surface area contributed by atoms with Gasteiger partial charge >= 0.3 is 10.9 Å². The molecule has 3 aromatic carbocycles. The predicted octanol–water partition coefficient (Wildman–Crippen LogP) is 6.42. The quantitative estimate of drug-likeness (QED) is 0.227. The second-order valence-electron chi connectivity index (χ2n) is 7.86. The molecule has 0 aliphatic heterocycles. The summed E-state index contributed by atoms with van der Waals surface area (Å²) in [6, 6.07) is 14.6. The van der Waals surface area contributed by atoms with Gasteiger partial charge in [0.15, 0.2) is 5.58 Å². The molecule has 0 saturated heterocycles. The van der Waals surface area contributed by atoms with Gasteiger partial charge in [-0.3, -0.25) is 0 Å². The first-order chi connectivity index (χ1) is 15.8. The fourth-order valence-corrected chi connectivity index (χ4v) is 4.54. The van der Waals surface area contributed by atoms with Crippen molar-refractivity contribution in [2.24, 2.45) is 0 Å². The van der Waals surface area contributed by atoms with E-state index in [1.54, 1.807) is 19.2 Å². The van der Waals surface area contributed by atoms with Gasteiger partial charge in [0, 0.05) is 22.6 Å². The molecule has 0 saturated carbocycles. The summed E-state index contributed by atoms with van der Waals surface area (Å²) in [4.78, 5) is 24.5. The monoisotopic (exact) mass is 460 g/mol. The van der Waals surface area contributed by atoms with Crippen LogP contribution in [0.15, 0.2) is 62.2 Å². The van der Waals surface area contributed by atoms with Gasteiger partial charge in [0.1, 0.15) is 17.1 Å². The van der Waals surface area contributed by atoms with Gasteiger partial charge in [0.25, 0.3) is 0 Å². The van der Waals surface area contributed by atoms with Gasteiger partial charge in [-0.05, 0) is 67.8 Å². The third kappa shape index (κ3) is 3.70. The molecule has 0 fully saturated rings. The van der Waals surface area contributed by atoms with E-state index in [0.717, 1.165) is 39.0 Å². The van der Waals surface area contributed by atoms with Crippen molar-refractivity contribution in [1.29, 1.82) is 0 Å². The number of hydrogen-bond acceptors (Lipinski definition) is 7. The lowest BCUT2D eigenvalue weighted by Crippen LogP contribution is -2.08. The summed E-state index contributed by atoms with van der Waals surface area (Å²) < 4.78 is 22.8. The van der Waals surface area contributed by atoms with Crippen LogP contribution in [0.1, 0.15) is 27.2 Å². The van der Waals surface area contributed by atoms with Crippen LogP contribution in [0.2, 0.25) is 0 Å². The summed E-state index contributed by atoms with van der Waals surface area (Å²) >= 11 is 0.954. The number of fused-ring (bicyclic) bond motifs is 2. The maximum absolute atomic E-state index is 13.0. The van der Waals surface area contributed by atoms with Gasteiger partial charge in [-0.1, -0.05) is 23.5 Å². The highest BCUT2D eigenvalue weighted by Crippen LogP contribution is 2.36. The van der Waals surface area contributed by atoms with Gasteiger partial charge < -0.3 is 18.3 Å². The normalized spacial score (nSPS) is 11.3. The van der Waals surface area contributed by atoms with Crippen molar-refractivity contribution in [2.45, 2.75) is 20.8 Å². The Bertz CT molecular complexity index is 1580. The zero-order chi connectivity index (χ0) is 23.3. The summed E-state index contributed by atoms with van der Waals surface area (Å²) in [6.45, 7) is 5.85. The summed E-state index contributed by atoms with van der Waals surface area (Å²) in [5, 5.41) is 0.882. The predicted molar refractivity (Wildman–Crippen MR) is 128 cm³/mol. The molecule has 0 amide bonds. The van der Waals surface area contributed by atoms with Crippen LogP contribution in [0.25, 0.3) is 32.4 Å². The van der Waals surface area contributed by atoms with Crippen molar-refractivity contribution in [3.8, 4) is 22.6 Å². The molecule has 7 heteroatoms. The van der Waals surface area contributed by atoms with Crippen molar-refractivity contribution in [3.63, 3.8) is 0 Å². The van der Waals surface area contributed by atoms with Crippen molar-refractivity contribution in [1.82, 2.24) is 0 Å². The summed E-state index contributed by atoms with van der Waals surface area (Å²) in [6.07, 6.45) is 0. The molecule has 5 rings (SSSR count). The fraction of sp³-hybridized carbons (Fsp3) is 0.154. The van der Waals surface area contributed by atoms with E-state index in [1.807, 2.05) is 57.2 Å². The third-order valence-corrected chi connectivity index (χ3v) is 6.53. The van der Waals surface area contributed by atoms with E-state index in [-0.39, 0.29) is 5.76 Å². The lowest BCUT2D eigenvalue weighted by Gasteiger charge is -2.08. The topological polar surface area (TPSA) is 78.9 Å². The van der Waals surface area contributed by atoms with Crippen LogP contribution in [-0.4, -0.2) is 13.1 Å². The molecule has 0 atom stereocenters. The van der Waals surface area contributed by atoms with Gasteiger partial charge in [0.2, 0.25) is 5.76 Å². The zero-order valence-electron chi connectivity index (χ0n) is 18.5. The first-order valence-electron chi connectivity index (χ1n) is 10.3. The number of carbonyl (C=O) groups excluding carboxylic acids is 1. The van der Waals surface area contributed by atoms with Crippen LogP contribution in [0.4, 0.5) is 0 Å². The number of ether oxygens (including phenoxy) is 2. The SMILES string of the molecule is COc1ccc(-c2cc(OC(=O)c3oc4cc(C)c(C)cc4c3C)cc3sc(=O)oc23)cc1. The Labute approximate surface area is 193 Å². The Kier molecular flexibility index (Phi) is 5.06. The summed E-state index contributed by atoms with van der Waals surface area (Å²) in [7, 11) is 1.59. The van der Waals surface area contributed by atoms with E-state index in [4.69, 9.17) is 18.3 Å². The highest BCUT2D eigenvalue weighted by Gasteiger charge is 2.22. The van der Waals surface area contributed by atoms with Crippen LogP contribution in [-0.2, 0) is 0 Å². The molecule has 5 aromatic rings. The number of benzene rings is 3. The van der Waals surface area contributed by atoms with E-state index < -0.39 is 10.9 Å². The number of methoxy groups -OCH3 is 1. The lowest BCUT2D eigenvalue weighted by atomic mass is 10.0. The largest absolute Gasteiger partial charge is 0.497 e. The van der Waals surface area contributed by atoms with Crippen molar-refractivity contribution >= 4 is 38.6 Å². The Morgan fingerprint density at radius 2 is 1.64 bits per heavy atom. The van der Waals surface area contributed by atoms with Crippen LogP contribution >= 0.6 is 11.3 Å². The molecular formula is C26H20O6S. The van der Waals surface area contributed by atoms with Crippen LogP contribution in [0, 0.1) is 20.8 Å². The molecule has 6 nitrogen and oxygen atoms in total. The molecule has 0 radical (unpaired) electrons. The minimum absolute atomic E-state index is 0.154. The zero-order valence-corrected chi connectivity index (χ0v) is 19.3. The molecule has 0 aliphatic carbocycles. The van der Waals surface area contributed by atoms with Gasteiger partial charge in [-0.25, -0.2) is 9.59 Å². The fourth-order valence-electron chi connectivity index (χ4n) is 3.82. The van der Waals surface area contributed by atoms with Crippen molar-refractivity contribution in [3.05, 3.63) is 80.7 Å². The number of hydrogen-bond donors (Lipinski definition) is 0. The summed E-state index contributed by atoms with van der Waals surface area (Å²) in [5.41, 5.74) is 5.46. The second kappa shape index (κ2) is 7.94. The first-order valence-corrected chi connectivity index (χ1v) is 11.1. The van der Waals surface area contributed by atoms with Gasteiger partial charge in [-0.15, -0.1) is 0 Å². The number of furan rings is 1. The number of esters is 1. The Hall–Kier alpha value is -3.84. The molecule has 2 heterocycles. The summed E-state index contributed by atoms with van der Waals surface area (Å²) in [5.74, 6) is 0.550. The standard InChI is InChI=1S/C26H20O6S/c1-13-9-19-15(3)23(31-21(19)10-14(13)2)25(27)30-18-11-20(16-5-7-17(29-4)8-6-16)24-22(12-18)33-26(28)32-24/h5-12H,1-4H3. The molecule has 0 aliphatic rings. The average molecular weight is 461 g/mol. The molecule has 2 aromatic heterocycles. The van der Waals surface area contributed by atoms with E-state index in [1.165, 1.54) is 0 Å². The molecule has 33 heavy (non-hydrogen) atoms. The van der Waals surface area contributed by atoms with Crippen LogP contribution in [0.3, 0.4) is 0 Å². The van der Waals surface area contributed by atoms with Crippen LogP contribution < -0.4 is 14.4 Å². The first kappa shape index (κ1) is 21.0. The molecule has 0 bridgehead atoms. The highest BCUT2D eigenvalue weighted by molar-refractivity contribution is 7.16.